The lowest BCUT2D eigenvalue weighted by atomic mass is 9.99. The molecule has 0 spiro atoms. The molecule has 128 valence electrons. The van der Waals surface area contributed by atoms with Crippen LogP contribution in [0.25, 0.3) is 0 Å². The fourth-order valence-corrected chi connectivity index (χ4v) is 1.72. The van der Waals surface area contributed by atoms with E-state index in [2.05, 4.69) is 5.32 Å². The first-order chi connectivity index (χ1) is 9.57. The fourth-order valence-electron chi connectivity index (χ4n) is 1.72. The number of carbonyl (C=O) groups is 3. The Morgan fingerprint density at radius 3 is 1.82 bits per heavy atom. The molecule has 0 aliphatic carbocycles. The smallest absolute Gasteiger partial charge is 0.247 e. The molecule has 22 heavy (non-hydrogen) atoms. The third kappa shape index (κ3) is 7.75. The molecular weight excluding hydrogens is 302 g/mol. The number of nitrogens with one attached hydrogen (secondary N) is 1. The van der Waals surface area contributed by atoms with E-state index in [9.17, 15) is 14.4 Å². The maximum Gasteiger partial charge on any atom is 0.247 e. The SMILES string of the molecule is CC(=O)C(NC(=O)/C(C)=C(/C)C(=O)COC(C)C)C(C)C.S. The number of Topliss-reactive ketones (excluding diaryl/α,β-unsaturated/α-hetero) is 2. The minimum Gasteiger partial charge on any atom is -0.371 e. The van der Waals surface area contributed by atoms with Crippen LogP contribution in [-0.4, -0.2) is 36.2 Å². The maximum atomic E-state index is 12.1. The van der Waals surface area contributed by atoms with Gasteiger partial charge in [0.1, 0.15) is 6.61 Å². The summed E-state index contributed by atoms with van der Waals surface area (Å²) in [5, 5.41) is 2.68. The molecule has 0 rings (SSSR count). The van der Waals surface area contributed by atoms with Gasteiger partial charge >= 0.3 is 0 Å². The number of rotatable bonds is 8. The van der Waals surface area contributed by atoms with Crippen molar-refractivity contribution >= 4 is 31.0 Å². The molecule has 0 saturated carbocycles. The van der Waals surface area contributed by atoms with Crippen LogP contribution in [0, 0.1) is 5.92 Å². The van der Waals surface area contributed by atoms with Crippen LogP contribution in [0.5, 0.6) is 0 Å². The number of hydrogen-bond acceptors (Lipinski definition) is 4. The Morgan fingerprint density at radius 2 is 1.45 bits per heavy atom. The van der Waals surface area contributed by atoms with Crippen LogP contribution >= 0.6 is 13.5 Å². The average molecular weight is 331 g/mol. The number of hydrogen-bond donors (Lipinski definition) is 1. The van der Waals surface area contributed by atoms with Gasteiger partial charge in [-0.3, -0.25) is 14.4 Å². The highest BCUT2D eigenvalue weighted by atomic mass is 32.1. The van der Waals surface area contributed by atoms with Gasteiger partial charge in [-0.15, -0.1) is 0 Å². The molecule has 1 N–H and O–H groups in total. The second-order valence-electron chi connectivity index (χ2n) is 5.84. The highest BCUT2D eigenvalue weighted by Crippen LogP contribution is 2.09. The highest BCUT2D eigenvalue weighted by Gasteiger charge is 2.22. The molecule has 0 fully saturated rings. The Labute approximate surface area is 140 Å². The highest BCUT2D eigenvalue weighted by molar-refractivity contribution is 7.59. The van der Waals surface area contributed by atoms with Crippen molar-refractivity contribution in [3.05, 3.63) is 11.1 Å². The van der Waals surface area contributed by atoms with Gasteiger partial charge in [-0.1, -0.05) is 13.8 Å². The van der Waals surface area contributed by atoms with Crippen molar-refractivity contribution in [2.45, 2.75) is 60.6 Å². The topological polar surface area (TPSA) is 72.5 Å². The van der Waals surface area contributed by atoms with E-state index in [0.29, 0.717) is 11.1 Å². The lowest BCUT2D eigenvalue weighted by Crippen LogP contribution is -2.44. The van der Waals surface area contributed by atoms with E-state index in [1.807, 2.05) is 27.7 Å². The van der Waals surface area contributed by atoms with Crippen LogP contribution < -0.4 is 5.32 Å². The van der Waals surface area contributed by atoms with Crippen LogP contribution in [-0.2, 0) is 19.1 Å². The van der Waals surface area contributed by atoms with E-state index in [-0.39, 0.29) is 49.6 Å². The molecule has 0 heterocycles. The minimum atomic E-state index is -0.540. The summed E-state index contributed by atoms with van der Waals surface area (Å²) in [6.45, 7) is 12.0. The second kappa shape index (κ2) is 10.6. The summed E-state index contributed by atoms with van der Waals surface area (Å²) >= 11 is 0. The normalized spacial score (nSPS) is 13.3. The molecule has 1 atom stereocenters. The molecule has 0 aliphatic rings. The standard InChI is InChI=1S/C16H27NO4.H2S/c1-9(2)15(13(7)18)17-16(20)12(6)11(5)14(19)8-21-10(3)4;/h9-10,15H,8H2,1-7H3,(H,17,20);1H2/b12-11-;. The van der Waals surface area contributed by atoms with Gasteiger partial charge in [0, 0.05) is 11.1 Å². The van der Waals surface area contributed by atoms with Crippen molar-refractivity contribution < 1.29 is 19.1 Å². The van der Waals surface area contributed by atoms with E-state index in [1.54, 1.807) is 13.8 Å². The van der Waals surface area contributed by atoms with Crippen molar-refractivity contribution in [2.24, 2.45) is 5.92 Å². The quantitative estimate of drug-likeness (QED) is 0.692. The molecular formula is C16H29NO4S. The van der Waals surface area contributed by atoms with Gasteiger partial charge in [0.15, 0.2) is 11.6 Å². The van der Waals surface area contributed by atoms with Crippen LogP contribution in [0.15, 0.2) is 11.1 Å². The maximum absolute atomic E-state index is 12.1. The van der Waals surface area contributed by atoms with E-state index in [0.717, 1.165) is 0 Å². The first-order valence-electron chi connectivity index (χ1n) is 7.21. The van der Waals surface area contributed by atoms with Crippen molar-refractivity contribution in [1.82, 2.24) is 5.32 Å². The number of amides is 1. The zero-order valence-corrected chi connectivity index (χ0v) is 15.6. The molecule has 0 bridgehead atoms. The third-order valence-corrected chi connectivity index (χ3v) is 3.26. The van der Waals surface area contributed by atoms with E-state index in [4.69, 9.17) is 4.74 Å². The van der Waals surface area contributed by atoms with Gasteiger partial charge in [0.25, 0.3) is 0 Å². The largest absolute Gasteiger partial charge is 0.371 e. The molecule has 6 heteroatoms. The lowest BCUT2D eigenvalue weighted by Gasteiger charge is -2.20. The monoisotopic (exact) mass is 331 g/mol. The summed E-state index contributed by atoms with van der Waals surface area (Å²) in [5.41, 5.74) is 0.679. The van der Waals surface area contributed by atoms with Gasteiger partial charge in [0.2, 0.25) is 5.91 Å². The molecule has 0 aromatic rings. The third-order valence-electron chi connectivity index (χ3n) is 3.26. The zero-order valence-electron chi connectivity index (χ0n) is 14.6. The summed E-state index contributed by atoms with van der Waals surface area (Å²) in [6.07, 6.45) is -0.0427. The van der Waals surface area contributed by atoms with Gasteiger partial charge in [-0.05, 0) is 40.5 Å². The van der Waals surface area contributed by atoms with Crippen molar-refractivity contribution in [2.75, 3.05) is 6.61 Å². The zero-order chi connectivity index (χ0) is 16.7. The van der Waals surface area contributed by atoms with E-state index >= 15 is 0 Å². The summed E-state index contributed by atoms with van der Waals surface area (Å²) in [4.78, 5) is 35.6. The Morgan fingerprint density at radius 1 is 0.955 bits per heavy atom. The first kappa shape index (κ1) is 23.1. The molecule has 0 aliphatic heterocycles. The van der Waals surface area contributed by atoms with Gasteiger partial charge < -0.3 is 10.1 Å². The minimum absolute atomic E-state index is 0. The van der Waals surface area contributed by atoms with E-state index < -0.39 is 6.04 Å². The Kier molecular flexibility index (Phi) is 11.1. The summed E-state index contributed by atoms with van der Waals surface area (Å²) in [5.74, 6) is -0.711. The summed E-state index contributed by atoms with van der Waals surface area (Å²) in [6, 6.07) is -0.540. The fraction of sp³-hybridized carbons (Fsp3) is 0.688. The van der Waals surface area contributed by atoms with Crippen LogP contribution in [0.3, 0.4) is 0 Å². The average Bonchev–Trinajstić information content (AvgIpc) is 2.39. The van der Waals surface area contributed by atoms with Gasteiger partial charge in [0.05, 0.1) is 12.1 Å². The molecule has 0 aromatic heterocycles. The van der Waals surface area contributed by atoms with Crippen molar-refractivity contribution in [1.29, 1.82) is 0 Å². The number of ketones is 2. The van der Waals surface area contributed by atoms with Crippen molar-refractivity contribution in [3.8, 4) is 0 Å². The summed E-state index contributed by atoms with van der Waals surface area (Å²) in [7, 11) is 0. The van der Waals surface area contributed by atoms with Crippen LogP contribution in [0.1, 0.15) is 48.5 Å². The molecule has 0 saturated heterocycles. The summed E-state index contributed by atoms with van der Waals surface area (Å²) < 4.78 is 5.24. The Bertz CT molecular complexity index is 441. The Balaban J connectivity index is 0. The number of ether oxygens (including phenoxy) is 1. The first-order valence-corrected chi connectivity index (χ1v) is 7.21. The second-order valence-corrected chi connectivity index (χ2v) is 5.84. The van der Waals surface area contributed by atoms with Crippen molar-refractivity contribution in [3.63, 3.8) is 0 Å². The molecule has 0 aromatic carbocycles. The van der Waals surface area contributed by atoms with Gasteiger partial charge in [-0.2, -0.15) is 13.5 Å². The van der Waals surface area contributed by atoms with Crippen LogP contribution in [0.4, 0.5) is 0 Å². The van der Waals surface area contributed by atoms with E-state index in [1.165, 1.54) is 6.92 Å². The van der Waals surface area contributed by atoms with Crippen LogP contribution in [0.2, 0.25) is 0 Å². The predicted molar refractivity (Wildman–Crippen MR) is 92.3 cm³/mol. The molecule has 1 amide bonds. The lowest BCUT2D eigenvalue weighted by molar-refractivity contribution is -0.126. The molecule has 5 nitrogen and oxygen atoms in total. The number of carbonyl (C=O) groups excluding carboxylic acids is 3. The molecule has 1 unspecified atom stereocenters. The predicted octanol–water partition coefficient (Wildman–Crippen LogP) is 2.16. The Hall–Kier alpha value is -1.14. The van der Waals surface area contributed by atoms with Gasteiger partial charge in [-0.25, -0.2) is 0 Å². The molecule has 0 radical (unpaired) electrons.